The predicted octanol–water partition coefficient (Wildman–Crippen LogP) is 3.55. The van der Waals surface area contributed by atoms with Crippen LogP contribution in [0.15, 0.2) is 18.2 Å². The first-order valence-electron chi connectivity index (χ1n) is 6.64. The molecule has 0 saturated carbocycles. The summed E-state index contributed by atoms with van der Waals surface area (Å²) in [5.41, 5.74) is 2.55. The number of rotatable bonds is 4. The molecule has 3 unspecified atom stereocenters. The SMILES string of the molecule is COc1ccc(C)cc1C(C)NC1CCSC1C. The molecule has 100 valence electrons. The van der Waals surface area contributed by atoms with E-state index >= 15 is 0 Å². The Bertz CT molecular complexity index is 407. The summed E-state index contributed by atoms with van der Waals surface area (Å²) in [6, 6.07) is 7.35. The molecule has 1 aliphatic heterocycles. The summed E-state index contributed by atoms with van der Waals surface area (Å²) in [7, 11) is 1.74. The van der Waals surface area contributed by atoms with Gasteiger partial charge in [0, 0.05) is 22.9 Å². The number of nitrogens with one attached hydrogen (secondary N) is 1. The van der Waals surface area contributed by atoms with E-state index in [0.717, 1.165) is 5.75 Å². The van der Waals surface area contributed by atoms with Gasteiger partial charge in [-0.15, -0.1) is 0 Å². The summed E-state index contributed by atoms with van der Waals surface area (Å²) in [5, 5.41) is 4.46. The van der Waals surface area contributed by atoms with Crippen LogP contribution in [-0.4, -0.2) is 24.2 Å². The Balaban J connectivity index is 2.12. The van der Waals surface area contributed by atoms with Crippen LogP contribution in [0.3, 0.4) is 0 Å². The lowest BCUT2D eigenvalue weighted by molar-refractivity contribution is 0.392. The van der Waals surface area contributed by atoms with Crippen LogP contribution in [0, 0.1) is 6.92 Å². The Kier molecular flexibility index (Phi) is 4.57. The van der Waals surface area contributed by atoms with E-state index in [0.29, 0.717) is 17.3 Å². The lowest BCUT2D eigenvalue weighted by Gasteiger charge is -2.24. The lowest BCUT2D eigenvalue weighted by atomic mass is 10.0. The first-order chi connectivity index (χ1) is 8.61. The second kappa shape index (κ2) is 5.98. The first kappa shape index (κ1) is 13.8. The Morgan fingerprint density at radius 2 is 2.22 bits per heavy atom. The molecule has 3 atom stereocenters. The fourth-order valence-corrected chi connectivity index (χ4v) is 3.76. The van der Waals surface area contributed by atoms with Gasteiger partial charge in [-0.05, 0) is 32.1 Å². The Morgan fingerprint density at radius 3 is 2.83 bits per heavy atom. The molecule has 2 rings (SSSR count). The maximum Gasteiger partial charge on any atom is 0.123 e. The van der Waals surface area contributed by atoms with E-state index in [2.05, 4.69) is 56.0 Å². The molecular weight excluding hydrogens is 242 g/mol. The Hall–Kier alpha value is -0.670. The highest BCUT2D eigenvalue weighted by Gasteiger charge is 2.26. The van der Waals surface area contributed by atoms with Crippen LogP contribution in [0.2, 0.25) is 0 Å². The smallest absolute Gasteiger partial charge is 0.123 e. The van der Waals surface area contributed by atoms with E-state index in [1.807, 2.05) is 0 Å². The molecule has 1 aromatic rings. The Labute approximate surface area is 114 Å². The first-order valence-corrected chi connectivity index (χ1v) is 7.69. The molecule has 1 fully saturated rings. The number of aryl methyl sites for hydroxylation is 1. The third-order valence-corrected chi connectivity index (χ3v) is 5.02. The number of hydrogen-bond acceptors (Lipinski definition) is 3. The van der Waals surface area contributed by atoms with Crippen LogP contribution < -0.4 is 10.1 Å². The summed E-state index contributed by atoms with van der Waals surface area (Å²) in [6.07, 6.45) is 1.27. The zero-order valence-corrected chi connectivity index (χ0v) is 12.5. The van der Waals surface area contributed by atoms with Crippen molar-refractivity contribution in [3.05, 3.63) is 29.3 Å². The molecule has 18 heavy (non-hydrogen) atoms. The maximum absolute atomic E-state index is 5.47. The average molecular weight is 265 g/mol. The van der Waals surface area contributed by atoms with Crippen molar-refractivity contribution >= 4 is 11.8 Å². The molecule has 0 amide bonds. The van der Waals surface area contributed by atoms with Crippen LogP contribution in [-0.2, 0) is 0 Å². The van der Waals surface area contributed by atoms with Crippen molar-refractivity contribution < 1.29 is 4.74 Å². The molecule has 1 saturated heterocycles. The quantitative estimate of drug-likeness (QED) is 0.899. The normalized spacial score (nSPS) is 25.1. The Morgan fingerprint density at radius 1 is 1.44 bits per heavy atom. The molecule has 1 aromatic carbocycles. The standard InChI is InChI=1S/C15H23NOS/c1-10-5-6-15(17-4)13(9-10)11(2)16-14-7-8-18-12(14)3/h5-6,9,11-12,14,16H,7-8H2,1-4H3. The van der Waals surface area contributed by atoms with Crippen molar-refractivity contribution in [3.63, 3.8) is 0 Å². The van der Waals surface area contributed by atoms with Gasteiger partial charge in [0.2, 0.25) is 0 Å². The largest absolute Gasteiger partial charge is 0.496 e. The van der Waals surface area contributed by atoms with Crippen molar-refractivity contribution in [3.8, 4) is 5.75 Å². The van der Waals surface area contributed by atoms with Crippen LogP contribution >= 0.6 is 11.8 Å². The van der Waals surface area contributed by atoms with E-state index in [1.54, 1.807) is 7.11 Å². The van der Waals surface area contributed by atoms with E-state index in [1.165, 1.54) is 23.3 Å². The van der Waals surface area contributed by atoms with Crippen molar-refractivity contribution in [1.82, 2.24) is 5.32 Å². The van der Waals surface area contributed by atoms with Gasteiger partial charge < -0.3 is 10.1 Å². The van der Waals surface area contributed by atoms with Crippen molar-refractivity contribution in [2.24, 2.45) is 0 Å². The highest BCUT2D eigenvalue weighted by atomic mass is 32.2. The third kappa shape index (κ3) is 3.01. The van der Waals surface area contributed by atoms with Gasteiger partial charge in [-0.25, -0.2) is 0 Å². The minimum Gasteiger partial charge on any atom is -0.496 e. The molecule has 0 aromatic heterocycles. The molecule has 1 aliphatic rings. The van der Waals surface area contributed by atoms with Gasteiger partial charge >= 0.3 is 0 Å². The molecule has 1 N–H and O–H groups in total. The second-order valence-corrected chi connectivity index (χ2v) is 6.59. The summed E-state index contributed by atoms with van der Waals surface area (Å²) in [4.78, 5) is 0. The molecule has 0 spiro atoms. The molecule has 0 bridgehead atoms. The highest BCUT2D eigenvalue weighted by molar-refractivity contribution is 8.00. The molecule has 3 heteroatoms. The second-order valence-electron chi connectivity index (χ2n) is 5.10. The fourth-order valence-electron chi connectivity index (χ4n) is 2.55. The van der Waals surface area contributed by atoms with Gasteiger partial charge in [-0.3, -0.25) is 0 Å². The topological polar surface area (TPSA) is 21.3 Å². The van der Waals surface area contributed by atoms with Crippen molar-refractivity contribution in [2.45, 2.75) is 44.5 Å². The highest BCUT2D eigenvalue weighted by Crippen LogP contribution is 2.31. The van der Waals surface area contributed by atoms with Gasteiger partial charge in [0.05, 0.1) is 7.11 Å². The number of ether oxygens (including phenoxy) is 1. The monoisotopic (exact) mass is 265 g/mol. The van der Waals surface area contributed by atoms with Crippen molar-refractivity contribution in [1.29, 1.82) is 0 Å². The van der Waals surface area contributed by atoms with Gasteiger partial charge in [-0.1, -0.05) is 24.6 Å². The molecule has 0 aliphatic carbocycles. The van der Waals surface area contributed by atoms with E-state index in [9.17, 15) is 0 Å². The van der Waals surface area contributed by atoms with E-state index in [-0.39, 0.29) is 0 Å². The van der Waals surface area contributed by atoms with Crippen LogP contribution in [0.25, 0.3) is 0 Å². The zero-order chi connectivity index (χ0) is 13.1. The van der Waals surface area contributed by atoms with E-state index < -0.39 is 0 Å². The number of methoxy groups -OCH3 is 1. The minimum absolute atomic E-state index is 0.339. The van der Waals surface area contributed by atoms with Gasteiger partial charge in [-0.2, -0.15) is 11.8 Å². The fraction of sp³-hybridized carbons (Fsp3) is 0.600. The third-order valence-electron chi connectivity index (χ3n) is 3.69. The van der Waals surface area contributed by atoms with Gasteiger partial charge in [0.25, 0.3) is 0 Å². The number of hydrogen-bond donors (Lipinski definition) is 1. The summed E-state index contributed by atoms with van der Waals surface area (Å²) in [6.45, 7) is 6.67. The van der Waals surface area contributed by atoms with Crippen LogP contribution in [0.5, 0.6) is 5.75 Å². The molecular formula is C15H23NOS. The predicted molar refractivity (Wildman–Crippen MR) is 79.6 cm³/mol. The van der Waals surface area contributed by atoms with Crippen molar-refractivity contribution in [2.75, 3.05) is 12.9 Å². The maximum atomic E-state index is 5.47. The average Bonchev–Trinajstić information content (AvgIpc) is 2.75. The van der Waals surface area contributed by atoms with Gasteiger partial charge in [0.1, 0.15) is 5.75 Å². The molecule has 1 heterocycles. The molecule has 2 nitrogen and oxygen atoms in total. The lowest BCUT2D eigenvalue weighted by Crippen LogP contribution is -2.35. The number of benzene rings is 1. The molecule has 0 radical (unpaired) electrons. The van der Waals surface area contributed by atoms with Crippen LogP contribution in [0.4, 0.5) is 0 Å². The number of thioether (sulfide) groups is 1. The van der Waals surface area contributed by atoms with Gasteiger partial charge in [0.15, 0.2) is 0 Å². The van der Waals surface area contributed by atoms with E-state index in [4.69, 9.17) is 4.74 Å². The summed E-state index contributed by atoms with van der Waals surface area (Å²) >= 11 is 2.06. The van der Waals surface area contributed by atoms with Crippen LogP contribution in [0.1, 0.15) is 37.4 Å². The summed E-state index contributed by atoms with van der Waals surface area (Å²) in [5.74, 6) is 2.26. The zero-order valence-electron chi connectivity index (χ0n) is 11.7. The minimum atomic E-state index is 0.339. The summed E-state index contributed by atoms with van der Waals surface area (Å²) < 4.78 is 5.47.